The van der Waals surface area contributed by atoms with Crippen molar-refractivity contribution in [3.8, 4) is 11.5 Å². The normalized spacial score (nSPS) is 17.7. The number of hydrogen-bond acceptors (Lipinski definition) is 3. The van der Waals surface area contributed by atoms with Gasteiger partial charge in [-0.15, -0.1) is 0 Å². The van der Waals surface area contributed by atoms with Gasteiger partial charge in [-0.1, -0.05) is 18.9 Å². The second-order valence-corrected chi connectivity index (χ2v) is 5.55. The molecule has 0 unspecified atom stereocenters. The summed E-state index contributed by atoms with van der Waals surface area (Å²) < 4.78 is 10.6. The maximum absolute atomic E-state index is 5.36. The highest BCUT2D eigenvalue weighted by molar-refractivity contribution is 7.80. The molecule has 0 heterocycles. The molecule has 18 heavy (non-hydrogen) atoms. The van der Waals surface area contributed by atoms with E-state index in [-0.39, 0.29) is 0 Å². The Morgan fingerprint density at radius 1 is 1.11 bits per heavy atom. The summed E-state index contributed by atoms with van der Waals surface area (Å²) in [5.41, 5.74) is 1.71. The van der Waals surface area contributed by atoms with E-state index in [1.54, 1.807) is 14.2 Å². The second-order valence-electron chi connectivity index (χ2n) is 5.23. The van der Waals surface area contributed by atoms with Crippen LogP contribution in [-0.4, -0.2) is 20.0 Å². The summed E-state index contributed by atoms with van der Waals surface area (Å²) in [7, 11) is 3.36. The molecule has 0 spiro atoms. The van der Waals surface area contributed by atoms with Crippen molar-refractivity contribution in [2.45, 2.75) is 32.1 Å². The summed E-state index contributed by atoms with van der Waals surface area (Å²) in [6.45, 7) is 0. The molecule has 0 aliphatic heterocycles. The number of hydrogen-bond donors (Lipinski definition) is 1. The van der Waals surface area contributed by atoms with Crippen LogP contribution in [0.3, 0.4) is 0 Å². The number of methoxy groups -OCH3 is 2. The molecule has 2 rings (SSSR count). The maximum Gasteiger partial charge on any atom is 0.160 e. The highest BCUT2D eigenvalue weighted by atomic mass is 32.1. The highest BCUT2D eigenvalue weighted by Crippen LogP contribution is 2.42. The molecule has 1 aromatic carbocycles. The Hall–Kier alpha value is -0.830. The zero-order valence-corrected chi connectivity index (χ0v) is 12.1. The van der Waals surface area contributed by atoms with E-state index in [1.165, 1.54) is 31.2 Å². The third kappa shape index (κ3) is 2.77. The van der Waals surface area contributed by atoms with Gasteiger partial charge < -0.3 is 9.47 Å². The third-order valence-electron chi connectivity index (χ3n) is 4.03. The van der Waals surface area contributed by atoms with E-state index in [9.17, 15) is 0 Å². The summed E-state index contributed by atoms with van der Waals surface area (Å²) in [6, 6.07) is 6.24. The quantitative estimate of drug-likeness (QED) is 0.819. The van der Waals surface area contributed by atoms with E-state index in [0.717, 1.165) is 23.7 Å². The van der Waals surface area contributed by atoms with Crippen molar-refractivity contribution in [2.24, 2.45) is 5.41 Å². The summed E-state index contributed by atoms with van der Waals surface area (Å²) in [5, 5.41) is 0. The number of rotatable bonds is 5. The first-order valence-electron chi connectivity index (χ1n) is 6.55. The van der Waals surface area contributed by atoms with Gasteiger partial charge in [-0.2, -0.15) is 12.6 Å². The first-order valence-corrected chi connectivity index (χ1v) is 7.18. The lowest BCUT2D eigenvalue weighted by Gasteiger charge is -2.27. The minimum Gasteiger partial charge on any atom is -0.493 e. The Kier molecular flexibility index (Phi) is 4.44. The van der Waals surface area contributed by atoms with E-state index in [1.807, 2.05) is 6.07 Å². The Morgan fingerprint density at radius 3 is 2.33 bits per heavy atom. The molecule has 100 valence electrons. The van der Waals surface area contributed by atoms with Gasteiger partial charge in [0, 0.05) is 0 Å². The van der Waals surface area contributed by atoms with Gasteiger partial charge in [0.15, 0.2) is 11.5 Å². The van der Waals surface area contributed by atoms with Crippen LogP contribution in [0.5, 0.6) is 11.5 Å². The molecular weight excluding hydrogens is 244 g/mol. The van der Waals surface area contributed by atoms with Gasteiger partial charge in [0.05, 0.1) is 14.2 Å². The largest absolute Gasteiger partial charge is 0.493 e. The number of benzene rings is 1. The fourth-order valence-electron chi connectivity index (χ4n) is 2.94. The van der Waals surface area contributed by atoms with Crippen LogP contribution < -0.4 is 9.47 Å². The summed E-state index contributed by atoms with van der Waals surface area (Å²) in [5.74, 6) is 2.59. The van der Waals surface area contributed by atoms with E-state index in [4.69, 9.17) is 9.47 Å². The summed E-state index contributed by atoms with van der Waals surface area (Å²) >= 11 is 4.56. The van der Waals surface area contributed by atoms with Crippen LogP contribution in [0.25, 0.3) is 0 Å². The average molecular weight is 266 g/mol. The fraction of sp³-hybridized carbons (Fsp3) is 0.600. The predicted octanol–water partition coefficient (Wildman–Crippen LogP) is 3.74. The van der Waals surface area contributed by atoms with Crippen LogP contribution in [0, 0.1) is 5.41 Å². The van der Waals surface area contributed by atoms with Gasteiger partial charge in [-0.25, -0.2) is 0 Å². The molecule has 0 atom stereocenters. The van der Waals surface area contributed by atoms with Crippen LogP contribution >= 0.6 is 12.6 Å². The zero-order chi connectivity index (χ0) is 13.0. The molecule has 0 N–H and O–H groups in total. The number of ether oxygens (including phenoxy) is 2. The first kappa shape index (κ1) is 13.6. The minimum absolute atomic E-state index is 0.392. The molecule has 0 radical (unpaired) electrons. The van der Waals surface area contributed by atoms with Crippen LogP contribution in [0.4, 0.5) is 0 Å². The van der Waals surface area contributed by atoms with Crippen molar-refractivity contribution >= 4 is 12.6 Å². The van der Waals surface area contributed by atoms with E-state index in [0.29, 0.717) is 5.41 Å². The molecule has 2 nitrogen and oxygen atoms in total. The highest BCUT2D eigenvalue weighted by Gasteiger charge is 2.32. The van der Waals surface area contributed by atoms with Crippen molar-refractivity contribution < 1.29 is 9.47 Å². The average Bonchev–Trinajstić information content (AvgIpc) is 2.87. The molecule has 1 aliphatic rings. The Labute approximate surface area is 115 Å². The van der Waals surface area contributed by atoms with Gasteiger partial charge in [-0.3, -0.25) is 0 Å². The van der Waals surface area contributed by atoms with E-state index >= 15 is 0 Å². The van der Waals surface area contributed by atoms with Crippen molar-refractivity contribution in [2.75, 3.05) is 20.0 Å². The van der Waals surface area contributed by atoms with Crippen molar-refractivity contribution in [3.05, 3.63) is 23.8 Å². The smallest absolute Gasteiger partial charge is 0.160 e. The molecule has 0 aromatic heterocycles. The Bertz CT molecular complexity index is 397. The summed E-state index contributed by atoms with van der Waals surface area (Å²) in [4.78, 5) is 0. The van der Waals surface area contributed by atoms with Gasteiger partial charge in [-0.05, 0) is 48.1 Å². The van der Waals surface area contributed by atoms with Gasteiger partial charge in [0.1, 0.15) is 0 Å². The lowest BCUT2D eigenvalue weighted by Crippen LogP contribution is -2.21. The van der Waals surface area contributed by atoms with Gasteiger partial charge in [0.25, 0.3) is 0 Å². The predicted molar refractivity (Wildman–Crippen MR) is 78.0 cm³/mol. The lowest BCUT2D eigenvalue weighted by molar-refractivity contribution is 0.339. The molecule has 3 heteroatoms. The topological polar surface area (TPSA) is 18.5 Å². The van der Waals surface area contributed by atoms with Crippen LogP contribution in [0.2, 0.25) is 0 Å². The lowest BCUT2D eigenvalue weighted by atomic mass is 9.82. The van der Waals surface area contributed by atoms with Crippen LogP contribution in [-0.2, 0) is 6.42 Å². The van der Waals surface area contributed by atoms with Crippen molar-refractivity contribution in [3.63, 3.8) is 0 Å². The van der Waals surface area contributed by atoms with Crippen molar-refractivity contribution in [1.29, 1.82) is 0 Å². The van der Waals surface area contributed by atoms with Gasteiger partial charge in [0.2, 0.25) is 0 Å². The minimum atomic E-state index is 0.392. The molecular formula is C15H22O2S. The standard InChI is InChI=1S/C15H22O2S/c1-16-13-6-5-12(9-14(13)17-2)10-15(11-18)7-3-4-8-15/h5-6,9,18H,3-4,7-8,10-11H2,1-2H3. The summed E-state index contributed by atoms with van der Waals surface area (Å²) in [6.07, 6.45) is 6.37. The zero-order valence-electron chi connectivity index (χ0n) is 11.2. The van der Waals surface area contributed by atoms with Crippen molar-refractivity contribution in [1.82, 2.24) is 0 Å². The van der Waals surface area contributed by atoms with Crippen LogP contribution in [0.15, 0.2) is 18.2 Å². The fourth-order valence-corrected chi connectivity index (χ4v) is 3.37. The SMILES string of the molecule is COc1ccc(CC2(CS)CCCC2)cc1OC. The molecule has 1 aliphatic carbocycles. The molecule has 0 bridgehead atoms. The Balaban J connectivity index is 2.18. The molecule has 1 fully saturated rings. The Morgan fingerprint density at radius 2 is 1.78 bits per heavy atom. The first-order chi connectivity index (χ1) is 8.73. The van der Waals surface area contributed by atoms with E-state index in [2.05, 4.69) is 24.8 Å². The monoisotopic (exact) mass is 266 g/mol. The second kappa shape index (κ2) is 5.87. The van der Waals surface area contributed by atoms with Crippen LogP contribution in [0.1, 0.15) is 31.2 Å². The third-order valence-corrected chi connectivity index (χ3v) is 4.70. The molecule has 1 saturated carbocycles. The van der Waals surface area contributed by atoms with Gasteiger partial charge >= 0.3 is 0 Å². The molecule has 0 amide bonds. The molecule has 0 saturated heterocycles. The number of thiol groups is 1. The molecule has 1 aromatic rings. The maximum atomic E-state index is 5.36. The van der Waals surface area contributed by atoms with E-state index < -0.39 is 0 Å².